The molecule has 1 aliphatic carbocycles. The van der Waals surface area contributed by atoms with Gasteiger partial charge in [-0.15, -0.1) is 0 Å². The molecule has 0 aliphatic heterocycles. The molecule has 0 bridgehead atoms. The quantitative estimate of drug-likeness (QED) is 0.164. The molecule has 1 heterocycles. The summed E-state index contributed by atoms with van der Waals surface area (Å²) in [6, 6.07) is 67.7. The van der Waals surface area contributed by atoms with Crippen LogP contribution in [-0.2, 0) is 0 Å². The average Bonchev–Trinajstić information content (AvgIpc) is 3.64. The zero-order valence-electron chi connectivity index (χ0n) is 30.7. The van der Waals surface area contributed by atoms with Crippen molar-refractivity contribution in [2.45, 2.75) is 13.3 Å². The van der Waals surface area contributed by atoms with Crippen LogP contribution in [0.15, 0.2) is 210 Å². The third-order valence-corrected chi connectivity index (χ3v) is 11.0. The number of rotatable bonds is 7. The lowest BCUT2D eigenvalue weighted by atomic mass is 9.86. The molecule has 0 spiro atoms. The molecule has 0 N–H and O–H groups in total. The van der Waals surface area contributed by atoms with Crippen molar-refractivity contribution < 1.29 is 4.42 Å². The third kappa shape index (κ3) is 5.75. The summed E-state index contributed by atoms with van der Waals surface area (Å²) < 4.78 is 6.72. The van der Waals surface area contributed by atoms with Crippen LogP contribution in [0.1, 0.15) is 18.9 Å². The van der Waals surface area contributed by atoms with Gasteiger partial charge in [0.05, 0.1) is 11.4 Å². The maximum Gasteiger partial charge on any atom is 0.142 e. The summed E-state index contributed by atoms with van der Waals surface area (Å²) in [6.45, 7) is 2.31. The van der Waals surface area contributed by atoms with Crippen LogP contribution in [0, 0.1) is 5.92 Å². The van der Waals surface area contributed by atoms with Crippen molar-refractivity contribution in [2.24, 2.45) is 5.92 Å². The highest BCUT2D eigenvalue weighted by Crippen LogP contribution is 2.49. The Labute approximate surface area is 321 Å². The number of anilines is 2. The monoisotopic (exact) mass is 705 g/mol. The number of allylic oxidation sites excluding steroid dienone is 3. The molecule has 9 aromatic rings. The molecule has 10 rings (SSSR count). The van der Waals surface area contributed by atoms with Crippen LogP contribution >= 0.6 is 0 Å². The molecule has 0 amide bonds. The zero-order valence-corrected chi connectivity index (χ0v) is 30.7. The van der Waals surface area contributed by atoms with E-state index in [9.17, 15) is 0 Å². The number of benzene rings is 8. The fourth-order valence-corrected chi connectivity index (χ4v) is 8.53. The van der Waals surface area contributed by atoms with Gasteiger partial charge in [-0.2, -0.15) is 0 Å². The molecule has 8 aromatic carbocycles. The second kappa shape index (κ2) is 13.8. The lowest BCUT2D eigenvalue weighted by Gasteiger charge is -2.34. The lowest BCUT2D eigenvalue weighted by molar-refractivity contribution is 0.665. The first-order valence-corrected chi connectivity index (χ1v) is 19.2. The van der Waals surface area contributed by atoms with Gasteiger partial charge in [-0.25, -0.2) is 0 Å². The summed E-state index contributed by atoms with van der Waals surface area (Å²) >= 11 is 0. The Morgan fingerprint density at radius 3 is 1.78 bits per heavy atom. The number of nitrogens with zero attached hydrogens (tertiary/aromatic N) is 1. The fourth-order valence-electron chi connectivity index (χ4n) is 8.53. The van der Waals surface area contributed by atoms with Crippen LogP contribution in [0.2, 0.25) is 0 Å². The zero-order chi connectivity index (χ0) is 36.7. The van der Waals surface area contributed by atoms with Crippen LogP contribution in [0.25, 0.3) is 71.7 Å². The van der Waals surface area contributed by atoms with E-state index in [0.29, 0.717) is 5.92 Å². The van der Waals surface area contributed by atoms with Crippen LogP contribution in [0.4, 0.5) is 11.4 Å². The Balaban J connectivity index is 1.29. The summed E-state index contributed by atoms with van der Waals surface area (Å²) in [5.74, 6) is 0.353. The molecule has 2 heteroatoms. The van der Waals surface area contributed by atoms with Gasteiger partial charge in [-0.1, -0.05) is 183 Å². The van der Waals surface area contributed by atoms with E-state index >= 15 is 0 Å². The van der Waals surface area contributed by atoms with Gasteiger partial charge >= 0.3 is 0 Å². The van der Waals surface area contributed by atoms with Gasteiger partial charge < -0.3 is 9.32 Å². The van der Waals surface area contributed by atoms with Crippen LogP contribution < -0.4 is 4.90 Å². The summed E-state index contributed by atoms with van der Waals surface area (Å²) in [7, 11) is 0. The van der Waals surface area contributed by atoms with E-state index < -0.39 is 0 Å². The SMILES string of the molecule is CC1C=CC(N(c2ccccc2-c2ccccc2)c2ccccc2-c2cccc3cccc(-c4ccccc4)c23)=C(c2cccc3c2oc2ccccc23)C1. The molecule has 262 valence electrons. The van der Waals surface area contributed by atoms with E-state index in [-0.39, 0.29) is 0 Å². The van der Waals surface area contributed by atoms with Gasteiger partial charge in [0.1, 0.15) is 11.2 Å². The summed E-state index contributed by atoms with van der Waals surface area (Å²) in [5, 5.41) is 4.74. The van der Waals surface area contributed by atoms with E-state index in [1.54, 1.807) is 0 Å². The van der Waals surface area contributed by atoms with Gasteiger partial charge in [0.25, 0.3) is 0 Å². The minimum absolute atomic E-state index is 0.353. The molecule has 1 aliphatic rings. The Morgan fingerprint density at radius 2 is 1.02 bits per heavy atom. The molecule has 0 saturated heterocycles. The normalized spacial score (nSPS) is 14.2. The number of para-hydroxylation sites is 4. The standard InChI is InChI=1S/C53H39NO/c1-36-33-34-50(47(35-36)46-29-16-28-45-43-25-10-13-32-51(43)55-53(45)46)54(48-30-11-8-23-40(48)37-17-4-2-5-18-37)49-31-12-9-24-42(49)44-27-15-22-39-21-14-26-41(52(39)44)38-19-6-3-7-20-38/h2-34,36H,35H2,1H3. The Kier molecular flexibility index (Phi) is 8.22. The Morgan fingerprint density at radius 1 is 0.473 bits per heavy atom. The summed E-state index contributed by atoms with van der Waals surface area (Å²) in [4.78, 5) is 2.51. The van der Waals surface area contributed by atoms with Crippen molar-refractivity contribution in [3.05, 3.63) is 211 Å². The Hall–Kier alpha value is -6.90. The first-order valence-electron chi connectivity index (χ1n) is 19.2. The minimum Gasteiger partial charge on any atom is -0.455 e. The molecule has 0 saturated carbocycles. The predicted molar refractivity (Wildman–Crippen MR) is 232 cm³/mol. The number of fused-ring (bicyclic) bond motifs is 4. The molecular weight excluding hydrogens is 667 g/mol. The van der Waals surface area contributed by atoms with Crippen molar-refractivity contribution in [2.75, 3.05) is 4.90 Å². The smallest absolute Gasteiger partial charge is 0.142 e. The molecule has 2 nitrogen and oxygen atoms in total. The number of furan rings is 1. The van der Waals surface area contributed by atoms with E-state index in [4.69, 9.17) is 4.42 Å². The van der Waals surface area contributed by atoms with Gasteiger partial charge in [0, 0.05) is 33.2 Å². The van der Waals surface area contributed by atoms with Crippen LogP contribution in [0.5, 0.6) is 0 Å². The molecular formula is C53H39NO. The van der Waals surface area contributed by atoms with E-state index in [2.05, 4.69) is 212 Å². The molecule has 0 fully saturated rings. The van der Waals surface area contributed by atoms with Crippen molar-refractivity contribution in [3.8, 4) is 33.4 Å². The van der Waals surface area contributed by atoms with Gasteiger partial charge in [0.2, 0.25) is 0 Å². The number of hydrogen-bond acceptors (Lipinski definition) is 2. The third-order valence-electron chi connectivity index (χ3n) is 11.0. The Bertz CT molecular complexity index is 2910. The number of hydrogen-bond donors (Lipinski definition) is 0. The highest BCUT2D eigenvalue weighted by atomic mass is 16.3. The first kappa shape index (κ1) is 32.7. The summed E-state index contributed by atoms with van der Waals surface area (Å²) in [6.07, 6.45) is 5.59. The van der Waals surface area contributed by atoms with E-state index in [1.807, 2.05) is 0 Å². The highest BCUT2D eigenvalue weighted by Gasteiger charge is 2.28. The van der Waals surface area contributed by atoms with E-state index in [1.165, 1.54) is 49.7 Å². The van der Waals surface area contributed by atoms with Gasteiger partial charge in [-0.3, -0.25) is 0 Å². The molecule has 0 radical (unpaired) electrons. The van der Waals surface area contributed by atoms with Crippen LogP contribution in [0.3, 0.4) is 0 Å². The van der Waals surface area contributed by atoms with Gasteiger partial charge in [-0.05, 0) is 75.2 Å². The first-order chi connectivity index (χ1) is 27.2. The molecule has 55 heavy (non-hydrogen) atoms. The van der Waals surface area contributed by atoms with Crippen molar-refractivity contribution in [3.63, 3.8) is 0 Å². The second-order valence-corrected chi connectivity index (χ2v) is 14.5. The highest BCUT2D eigenvalue weighted by molar-refractivity contribution is 6.11. The van der Waals surface area contributed by atoms with Gasteiger partial charge in [0.15, 0.2) is 0 Å². The summed E-state index contributed by atoms with van der Waals surface area (Å²) in [5.41, 5.74) is 14.8. The largest absolute Gasteiger partial charge is 0.455 e. The topological polar surface area (TPSA) is 16.4 Å². The lowest BCUT2D eigenvalue weighted by Crippen LogP contribution is -2.21. The molecule has 1 atom stereocenters. The maximum atomic E-state index is 6.72. The minimum atomic E-state index is 0.353. The average molecular weight is 706 g/mol. The van der Waals surface area contributed by atoms with E-state index in [0.717, 1.165) is 51.0 Å². The van der Waals surface area contributed by atoms with Crippen molar-refractivity contribution >= 4 is 49.7 Å². The maximum absolute atomic E-state index is 6.72. The second-order valence-electron chi connectivity index (χ2n) is 14.5. The molecule has 1 aromatic heterocycles. The molecule has 1 unspecified atom stereocenters. The fraction of sp³-hybridized carbons (Fsp3) is 0.0566. The van der Waals surface area contributed by atoms with Crippen molar-refractivity contribution in [1.29, 1.82) is 0 Å². The van der Waals surface area contributed by atoms with Crippen LogP contribution in [-0.4, -0.2) is 0 Å². The predicted octanol–water partition coefficient (Wildman–Crippen LogP) is 14.9. The van der Waals surface area contributed by atoms with Crippen molar-refractivity contribution in [1.82, 2.24) is 0 Å².